The van der Waals surface area contributed by atoms with Gasteiger partial charge in [-0.25, -0.2) is 4.98 Å². The Hall–Kier alpha value is -1.81. The Kier molecular flexibility index (Phi) is 3.67. The van der Waals surface area contributed by atoms with E-state index in [2.05, 4.69) is 10.3 Å². The zero-order valence-corrected chi connectivity index (χ0v) is 10.9. The van der Waals surface area contributed by atoms with E-state index in [0.29, 0.717) is 22.2 Å². The molecule has 18 heavy (non-hydrogen) atoms. The van der Waals surface area contributed by atoms with Gasteiger partial charge < -0.3 is 9.73 Å². The van der Waals surface area contributed by atoms with Gasteiger partial charge in [-0.1, -0.05) is 11.6 Å². The van der Waals surface area contributed by atoms with Crippen molar-refractivity contribution in [2.45, 2.75) is 19.9 Å². The SMILES string of the molecule is Cc1cc(C(=O)NC(C)c2ccco2)cc(Cl)n1. The van der Waals surface area contributed by atoms with Crippen LogP contribution in [-0.2, 0) is 0 Å². The van der Waals surface area contributed by atoms with Crippen LogP contribution in [0.25, 0.3) is 0 Å². The van der Waals surface area contributed by atoms with Crippen LogP contribution in [0.2, 0.25) is 5.15 Å². The van der Waals surface area contributed by atoms with Gasteiger partial charge in [0, 0.05) is 11.3 Å². The molecule has 94 valence electrons. The van der Waals surface area contributed by atoms with Crippen molar-refractivity contribution in [3.05, 3.63) is 52.7 Å². The van der Waals surface area contributed by atoms with Gasteiger partial charge in [0.15, 0.2) is 0 Å². The van der Waals surface area contributed by atoms with Crippen molar-refractivity contribution in [3.63, 3.8) is 0 Å². The number of carbonyl (C=O) groups excluding carboxylic acids is 1. The predicted molar refractivity (Wildman–Crippen MR) is 68.6 cm³/mol. The molecular weight excluding hydrogens is 252 g/mol. The van der Waals surface area contributed by atoms with E-state index in [1.807, 2.05) is 13.0 Å². The minimum absolute atomic E-state index is 0.195. The molecule has 0 aliphatic rings. The summed E-state index contributed by atoms with van der Waals surface area (Å²) in [7, 11) is 0. The minimum Gasteiger partial charge on any atom is -0.467 e. The van der Waals surface area contributed by atoms with Gasteiger partial charge in [0.2, 0.25) is 0 Å². The topological polar surface area (TPSA) is 55.1 Å². The van der Waals surface area contributed by atoms with Gasteiger partial charge in [-0.3, -0.25) is 4.79 Å². The highest BCUT2D eigenvalue weighted by molar-refractivity contribution is 6.29. The summed E-state index contributed by atoms with van der Waals surface area (Å²) in [6.07, 6.45) is 1.57. The molecule has 1 amide bonds. The molecule has 1 atom stereocenters. The standard InChI is InChI=1S/C13H13ClN2O2/c1-8-6-10(7-12(14)15-8)13(17)16-9(2)11-4-3-5-18-11/h3-7,9H,1-2H3,(H,16,17). The van der Waals surface area contributed by atoms with E-state index in [0.717, 1.165) is 0 Å². The average Bonchev–Trinajstić information content (AvgIpc) is 2.80. The largest absolute Gasteiger partial charge is 0.467 e. The molecule has 0 aliphatic heterocycles. The Morgan fingerprint density at radius 3 is 2.89 bits per heavy atom. The molecule has 2 aromatic heterocycles. The number of hydrogen-bond acceptors (Lipinski definition) is 3. The van der Waals surface area contributed by atoms with Gasteiger partial charge >= 0.3 is 0 Å². The lowest BCUT2D eigenvalue weighted by Gasteiger charge is -2.11. The number of nitrogens with one attached hydrogen (secondary N) is 1. The highest BCUT2D eigenvalue weighted by atomic mass is 35.5. The average molecular weight is 265 g/mol. The fourth-order valence-electron chi connectivity index (χ4n) is 1.65. The van der Waals surface area contributed by atoms with Gasteiger partial charge in [-0.05, 0) is 38.1 Å². The van der Waals surface area contributed by atoms with Crippen molar-refractivity contribution in [1.82, 2.24) is 10.3 Å². The van der Waals surface area contributed by atoms with Gasteiger partial charge in [0.05, 0.1) is 12.3 Å². The lowest BCUT2D eigenvalue weighted by atomic mass is 10.2. The summed E-state index contributed by atoms with van der Waals surface area (Å²) in [6.45, 7) is 3.64. The van der Waals surface area contributed by atoms with E-state index in [9.17, 15) is 4.79 Å². The molecule has 0 saturated heterocycles. The fourth-order valence-corrected chi connectivity index (χ4v) is 1.90. The number of amides is 1. The van der Waals surface area contributed by atoms with Crippen LogP contribution in [0.5, 0.6) is 0 Å². The number of aromatic nitrogens is 1. The molecule has 2 rings (SSSR count). The van der Waals surface area contributed by atoms with Crippen molar-refractivity contribution in [2.75, 3.05) is 0 Å². The zero-order chi connectivity index (χ0) is 13.1. The van der Waals surface area contributed by atoms with Crippen LogP contribution in [0, 0.1) is 6.92 Å². The molecule has 4 nitrogen and oxygen atoms in total. The molecule has 1 unspecified atom stereocenters. The minimum atomic E-state index is -0.202. The Labute approximate surface area is 110 Å². The quantitative estimate of drug-likeness (QED) is 0.867. The van der Waals surface area contributed by atoms with E-state index >= 15 is 0 Å². The first-order valence-electron chi connectivity index (χ1n) is 5.54. The number of nitrogens with zero attached hydrogens (tertiary/aromatic N) is 1. The van der Waals surface area contributed by atoms with Crippen molar-refractivity contribution in [3.8, 4) is 0 Å². The van der Waals surface area contributed by atoms with Crippen LogP contribution in [0.3, 0.4) is 0 Å². The first kappa shape index (κ1) is 12.6. The monoisotopic (exact) mass is 264 g/mol. The van der Waals surface area contributed by atoms with Crippen LogP contribution in [-0.4, -0.2) is 10.9 Å². The van der Waals surface area contributed by atoms with Gasteiger partial charge in [0.1, 0.15) is 10.9 Å². The molecule has 2 heterocycles. The molecule has 0 bridgehead atoms. The fraction of sp³-hybridized carbons (Fsp3) is 0.231. The van der Waals surface area contributed by atoms with Crippen LogP contribution in [0.4, 0.5) is 0 Å². The molecule has 1 N–H and O–H groups in total. The maximum Gasteiger partial charge on any atom is 0.252 e. The summed E-state index contributed by atoms with van der Waals surface area (Å²) in [4.78, 5) is 16.0. The smallest absolute Gasteiger partial charge is 0.252 e. The summed E-state index contributed by atoms with van der Waals surface area (Å²) >= 11 is 5.82. The third kappa shape index (κ3) is 2.90. The Morgan fingerprint density at radius 2 is 2.28 bits per heavy atom. The van der Waals surface area contributed by atoms with Gasteiger partial charge in [-0.2, -0.15) is 0 Å². The second kappa shape index (κ2) is 5.23. The summed E-state index contributed by atoms with van der Waals surface area (Å²) in [6, 6.07) is 6.63. The number of halogens is 1. The molecule has 0 aromatic carbocycles. The van der Waals surface area contributed by atoms with Crippen molar-refractivity contribution < 1.29 is 9.21 Å². The lowest BCUT2D eigenvalue weighted by Crippen LogP contribution is -2.26. The first-order valence-corrected chi connectivity index (χ1v) is 5.92. The maximum atomic E-state index is 12.0. The lowest BCUT2D eigenvalue weighted by molar-refractivity contribution is 0.0935. The van der Waals surface area contributed by atoms with Crippen molar-refractivity contribution in [1.29, 1.82) is 0 Å². The first-order chi connectivity index (χ1) is 8.56. The Balaban J connectivity index is 2.12. The number of furan rings is 1. The molecule has 0 spiro atoms. The summed E-state index contributed by atoms with van der Waals surface area (Å²) in [5.41, 5.74) is 1.20. The van der Waals surface area contributed by atoms with Gasteiger partial charge in [0.25, 0.3) is 5.91 Å². The molecule has 0 fully saturated rings. The number of pyridine rings is 1. The Morgan fingerprint density at radius 1 is 1.50 bits per heavy atom. The van der Waals surface area contributed by atoms with E-state index in [1.165, 1.54) is 0 Å². The number of rotatable bonds is 3. The molecule has 2 aromatic rings. The van der Waals surface area contributed by atoms with Crippen LogP contribution in [0.1, 0.15) is 34.8 Å². The van der Waals surface area contributed by atoms with Gasteiger partial charge in [-0.15, -0.1) is 0 Å². The second-order valence-corrected chi connectivity index (χ2v) is 4.42. The van der Waals surface area contributed by atoms with Crippen molar-refractivity contribution in [2.24, 2.45) is 0 Å². The second-order valence-electron chi connectivity index (χ2n) is 4.03. The van der Waals surface area contributed by atoms with E-state index in [4.69, 9.17) is 16.0 Å². The number of aryl methyl sites for hydroxylation is 1. The summed E-state index contributed by atoms with van der Waals surface area (Å²) in [5, 5.41) is 3.14. The third-order valence-corrected chi connectivity index (χ3v) is 2.70. The van der Waals surface area contributed by atoms with Crippen LogP contribution < -0.4 is 5.32 Å². The maximum absolute atomic E-state index is 12.0. The summed E-state index contributed by atoms with van der Waals surface area (Å²) < 4.78 is 5.23. The van der Waals surface area contributed by atoms with E-state index < -0.39 is 0 Å². The van der Waals surface area contributed by atoms with E-state index in [-0.39, 0.29) is 11.9 Å². The molecule has 0 radical (unpaired) electrons. The van der Waals surface area contributed by atoms with Crippen LogP contribution in [0.15, 0.2) is 34.9 Å². The molecular formula is C13H13ClN2O2. The normalized spacial score (nSPS) is 12.2. The number of carbonyl (C=O) groups is 1. The molecule has 0 aliphatic carbocycles. The molecule has 0 saturated carbocycles. The number of hydrogen-bond donors (Lipinski definition) is 1. The van der Waals surface area contributed by atoms with Crippen molar-refractivity contribution >= 4 is 17.5 Å². The van der Waals surface area contributed by atoms with E-state index in [1.54, 1.807) is 31.4 Å². The third-order valence-electron chi connectivity index (χ3n) is 2.50. The highest BCUT2D eigenvalue weighted by Gasteiger charge is 2.14. The predicted octanol–water partition coefficient (Wildman–Crippen LogP) is 3.13. The van der Waals surface area contributed by atoms with Crippen LogP contribution >= 0.6 is 11.6 Å². The Bertz CT molecular complexity index is 532. The zero-order valence-electron chi connectivity index (χ0n) is 10.1. The highest BCUT2D eigenvalue weighted by Crippen LogP contribution is 2.15. The summed E-state index contributed by atoms with van der Waals surface area (Å²) in [5.74, 6) is 0.506. The molecule has 5 heteroatoms.